The third kappa shape index (κ3) is 4.66. The molecule has 6 nitrogen and oxygen atoms in total. The van der Waals surface area contributed by atoms with Crippen molar-refractivity contribution < 1.29 is 31.5 Å². The molecule has 0 atom stereocenters. The van der Waals surface area contributed by atoms with Crippen LogP contribution in [0.4, 0.5) is 27.6 Å². The molecular formula is C24H19F5N4O2. The molecule has 0 unspecified atom stereocenters. The maximum Gasteiger partial charge on any atom is 0.433 e. The maximum atomic E-state index is 13.9. The van der Waals surface area contributed by atoms with Gasteiger partial charge in [-0.05, 0) is 32.0 Å². The molecule has 2 aromatic heterocycles. The molecule has 0 aliphatic carbocycles. The van der Waals surface area contributed by atoms with Crippen LogP contribution >= 0.6 is 0 Å². The number of fused-ring (bicyclic) bond motifs is 1. The van der Waals surface area contributed by atoms with Gasteiger partial charge >= 0.3 is 6.18 Å². The summed E-state index contributed by atoms with van der Waals surface area (Å²) in [5.41, 5.74) is -0.342. The van der Waals surface area contributed by atoms with Gasteiger partial charge in [-0.1, -0.05) is 18.2 Å². The number of nitrogens with one attached hydrogen (secondary N) is 1. The van der Waals surface area contributed by atoms with Crippen molar-refractivity contribution in [1.29, 1.82) is 0 Å². The fourth-order valence-corrected chi connectivity index (χ4v) is 3.76. The number of rotatable bonds is 5. The molecule has 1 amide bonds. The average molecular weight is 490 g/mol. The van der Waals surface area contributed by atoms with Gasteiger partial charge in [0.15, 0.2) is 11.6 Å². The van der Waals surface area contributed by atoms with E-state index in [4.69, 9.17) is 4.74 Å². The molecule has 0 bridgehead atoms. The molecule has 0 saturated carbocycles. The van der Waals surface area contributed by atoms with Crippen LogP contribution < -0.4 is 10.1 Å². The number of carbonyl (C=O) groups is 1. The number of methoxy groups -OCH3 is 1. The fraction of sp³-hybridized carbons (Fsp3) is 0.208. The second kappa shape index (κ2) is 8.97. The number of anilines is 1. The van der Waals surface area contributed by atoms with Crippen molar-refractivity contribution in [2.75, 3.05) is 12.4 Å². The number of aromatic nitrogens is 3. The largest absolute Gasteiger partial charge is 0.496 e. The number of aryl methyl sites for hydroxylation is 1. The van der Waals surface area contributed by atoms with Gasteiger partial charge < -0.3 is 10.1 Å². The molecule has 0 radical (unpaired) electrons. The lowest BCUT2D eigenvalue weighted by molar-refractivity contribution is -0.140. The van der Waals surface area contributed by atoms with E-state index in [0.29, 0.717) is 41.9 Å². The highest BCUT2D eigenvalue weighted by Gasteiger charge is 2.34. The average Bonchev–Trinajstić information content (AvgIpc) is 3.06. The van der Waals surface area contributed by atoms with E-state index in [1.807, 2.05) is 18.2 Å². The second-order valence-corrected chi connectivity index (χ2v) is 7.81. The number of para-hydroxylation sites is 1. The molecule has 0 aliphatic rings. The van der Waals surface area contributed by atoms with Crippen molar-refractivity contribution in [2.24, 2.45) is 0 Å². The summed E-state index contributed by atoms with van der Waals surface area (Å²) in [5, 5.41) is 6.73. The van der Waals surface area contributed by atoms with E-state index >= 15 is 0 Å². The number of hydrogen-bond donors (Lipinski definition) is 1. The summed E-state index contributed by atoms with van der Waals surface area (Å²) in [4.78, 5) is 16.5. The Labute approximate surface area is 196 Å². The van der Waals surface area contributed by atoms with Gasteiger partial charge in [0.25, 0.3) is 5.91 Å². The highest BCUT2D eigenvalue weighted by molar-refractivity contribution is 6.12. The number of benzene rings is 2. The van der Waals surface area contributed by atoms with Crippen LogP contribution in [0.1, 0.15) is 33.0 Å². The van der Waals surface area contributed by atoms with Crippen molar-refractivity contribution in [3.05, 3.63) is 82.3 Å². The predicted molar refractivity (Wildman–Crippen MR) is 118 cm³/mol. The van der Waals surface area contributed by atoms with E-state index in [1.165, 1.54) is 7.11 Å². The van der Waals surface area contributed by atoms with E-state index < -0.39 is 40.5 Å². The molecule has 0 saturated heterocycles. The zero-order chi connectivity index (χ0) is 25.5. The first-order valence-electron chi connectivity index (χ1n) is 10.3. The Bertz CT molecular complexity index is 1450. The monoisotopic (exact) mass is 490 g/mol. The first-order chi connectivity index (χ1) is 16.5. The molecule has 2 heterocycles. The topological polar surface area (TPSA) is 69.0 Å². The van der Waals surface area contributed by atoms with Crippen molar-refractivity contribution >= 4 is 22.5 Å². The van der Waals surface area contributed by atoms with Crippen LogP contribution in [0.15, 0.2) is 42.5 Å². The summed E-state index contributed by atoms with van der Waals surface area (Å²) in [6.07, 6.45) is -4.90. The van der Waals surface area contributed by atoms with E-state index in [-0.39, 0.29) is 11.1 Å². The molecule has 0 spiro atoms. The van der Waals surface area contributed by atoms with Crippen LogP contribution in [0, 0.1) is 25.5 Å². The molecule has 4 aromatic rings. The molecule has 182 valence electrons. The van der Waals surface area contributed by atoms with E-state index in [1.54, 1.807) is 24.6 Å². The number of halogens is 5. The Morgan fingerprint density at radius 2 is 1.77 bits per heavy atom. The Balaban J connectivity index is 1.74. The number of hydrogen-bond acceptors (Lipinski definition) is 4. The highest BCUT2D eigenvalue weighted by atomic mass is 19.4. The summed E-state index contributed by atoms with van der Waals surface area (Å²) in [6.45, 7) is 3.63. The Hall–Kier alpha value is -4.02. The lowest BCUT2D eigenvalue weighted by Gasteiger charge is -2.13. The van der Waals surface area contributed by atoms with Crippen LogP contribution in [0.25, 0.3) is 10.9 Å². The molecule has 35 heavy (non-hydrogen) atoms. The van der Waals surface area contributed by atoms with Gasteiger partial charge in [0.1, 0.15) is 11.4 Å². The van der Waals surface area contributed by atoms with Crippen molar-refractivity contribution in [3.63, 3.8) is 0 Å². The zero-order valence-corrected chi connectivity index (χ0v) is 18.8. The summed E-state index contributed by atoms with van der Waals surface area (Å²) in [7, 11) is 1.54. The number of pyridine rings is 1. The number of alkyl halides is 3. The first-order valence-corrected chi connectivity index (χ1v) is 10.3. The highest BCUT2D eigenvalue weighted by Crippen LogP contribution is 2.32. The van der Waals surface area contributed by atoms with Crippen LogP contribution in [0.2, 0.25) is 0 Å². The van der Waals surface area contributed by atoms with Gasteiger partial charge in [0.2, 0.25) is 0 Å². The third-order valence-electron chi connectivity index (χ3n) is 5.52. The van der Waals surface area contributed by atoms with Gasteiger partial charge in [0, 0.05) is 17.0 Å². The quantitative estimate of drug-likeness (QED) is 0.367. The Morgan fingerprint density at radius 1 is 1.09 bits per heavy atom. The predicted octanol–water partition coefficient (Wildman–Crippen LogP) is 5.65. The number of carbonyl (C=O) groups excluding carboxylic acids is 1. The molecule has 1 N–H and O–H groups in total. The minimum atomic E-state index is -4.90. The number of ether oxygens (including phenoxy) is 1. The van der Waals surface area contributed by atoms with Crippen LogP contribution in [-0.4, -0.2) is 27.8 Å². The smallest absolute Gasteiger partial charge is 0.433 e. The zero-order valence-electron chi connectivity index (χ0n) is 18.8. The number of amides is 1. The van der Waals surface area contributed by atoms with Crippen LogP contribution in [0.3, 0.4) is 0 Å². The normalized spacial score (nSPS) is 11.7. The van der Waals surface area contributed by atoms with Gasteiger partial charge in [-0.2, -0.15) is 18.3 Å². The third-order valence-corrected chi connectivity index (χ3v) is 5.52. The SMILES string of the molecule is COc1ccccc1Cn1nc(C)c(NC(=O)c2cc(C(F)(F)F)nc3cc(F)c(F)cc23)c1C. The Kier molecular flexibility index (Phi) is 6.18. The van der Waals surface area contributed by atoms with E-state index in [9.17, 15) is 26.7 Å². The van der Waals surface area contributed by atoms with E-state index in [0.717, 1.165) is 5.56 Å². The Morgan fingerprint density at radius 3 is 2.46 bits per heavy atom. The molecule has 0 aliphatic heterocycles. The molecule has 4 rings (SSSR count). The van der Waals surface area contributed by atoms with Gasteiger partial charge in [0.05, 0.1) is 41.8 Å². The van der Waals surface area contributed by atoms with Gasteiger partial charge in [-0.3, -0.25) is 9.48 Å². The molecule has 0 fully saturated rings. The molecule has 2 aromatic carbocycles. The maximum absolute atomic E-state index is 13.9. The second-order valence-electron chi connectivity index (χ2n) is 7.81. The van der Waals surface area contributed by atoms with Crippen LogP contribution in [0.5, 0.6) is 5.75 Å². The minimum Gasteiger partial charge on any atom is -0.496 e. The fourth-order valence-electron chi connectivity index (χ4n) is 3.76. The summed E-state index contributed by atoms with van der Waals surface area (Å²) < 4.78 is 74.7. The summed E-state index contributed by atoms with van der Waals surface area (Å²) in [6, 6.07) is 8.98. The van der Waals surface area contributed by atoms with Crippen molar-refractivity contribution in [2.45, 2.75) is 26.6 Å². The minimum absolute atomic E-state index is 0.258. The van der Waals surface area contributed by atoms with Crippen LogP contribution in [-0.2, 0) is 12.7 Å². The number of nitrogens with zero attached hydrogens (tertiary/aromatic N) is 3. The van der Waals surface area contributed by atoms with E-state index in [2.05, 4.69) is 15.4 Å². The van der Waals surface area contributed by atoms with Gasteiger partial charge in [-0.15, -0.1) is 0 Å². The van der Waals surface area contributed by atoms with Crippen molar-refractivity contribution in [3.8, 4) is 5.75 Å². The summed E-state index contributed by atoms with van der Waals surface area (Å²) >= 11 is 0. The lowest BCUT2D eigenvalue weighted by atomic mass is 10.1. The standard InChI is InChI=1S/C24H19F5N4O2/c1-12-22(13(2)33(32-12)11-14-6-4-5-7-20(14)35-3)31-23(34)16-9-21(24(27,28)29)30-19-10-18(26)17(25)8-15(16)19/h4-10H,11H2,1-3H3,(H,31,34). The van der Waals surface area contributed by atoms with Crippen molar-refractivity contribution in [1.82, 2.24) is 14.8 Å². The summed E-state index contributed by atoms with van der Waals surface area (Å²) in [5.74, 6) is -3.00. The lowest BCUT2D eigenvalue weighted by Crippen LogP contribution is -2.17. The molecular weight excluding hydrogens is 471 g/mol. The van der Waals surface area contributed by atoms with Gasteiger partial charge in [-0.25, -0.2) is 13.8 Å². The molecule has 11 heteroatoms. The first kappa shape index (κ1) is 24.1.